The molecule has 1 aliphatic rings. The monoisotopic (exact) mass is 303 g/mol. The number of likely N-dealkylation sites (N-methyl/N-ethyl adjacent to an activating group) is 2. The minimum Gasteiger partial charge on any atom is -0.356 e. The Morgan fingerprint density at radius 2 is 1.86 bits per heavy atom. The van der Waals surface area contributed by atoms with E-state index in [2.05, 4.69) is 17.4 Å². The number of amides is 4. The highest BCUT2D eigenvalue weighted by Gasteiger charge is 2.41. The summed E-state index contributed by atoms with van der Waals surface area (Å²) in [6, 6.07) is 8.99. The number of benzene rings is 1. The lowest BCUT2D eigenvalue weighted by atomic mass is 10.1. The number of carbonyl (C=O) groups is 3. The Labute approximate surface area is 130 Å². The second kappa shape index (κ2) is 7.06. The molecule has 1 fully saturated rings. The molecule has 0 unspecified atom stereocenters. The Morgan fingerprint density at radius 3 is 2.45 bits per heavy atom. The Kier molecular flexibility index (Phi) is 5.14. The molecule has 1 saturated heterocycles. The van der Waals surface area contributed by atoms with Crippen LogP contribution in [-0.4, -0.2) is 54.3 Å². The number of urea groups is 1. The maximum absolute atomic E-state index is 11.9. The van der Waals surface area contributed by atoms with Crippen LogP contribution in [0.2, 0.25) is 0 Å². The summed E-state index contributed by atoms with van der Waals surface area (Å²) in [5, 5.41) is 2.80. The second-order valence-corrected chi connectivity index (χ2v) is 5.45. The minimum atomic E-state index is -0.688. The third-order valence-corrected chi connectivity index (χ3v) is 3.86. The van der Waals surface area contributed by atoms with Crippen LogP contribution in [-0.2, 0) is 16.0 Å². The van der Waals surface area contributed by atoms with Crippen molar-refractivity contribution in [2.24, 2.45) is 0 Å². The molecule has 0 aliphatic carbocycles. The summed E-state index contributed by atoms with van der Waals surface area (Å²) in [7, 11) is 2.97. The van der Waals surface area contributed by atoms with E-state index in [0.29, 0.717) is 6.54 Å². The maximum Gasteiger partial charge on any atom is 0.326 e. The van der Waals surface area contributed by atoms with Gasteiger partial charge in [0.05, 0.1) is 6.42 Å². The highest BCUT2D eigenvalue weighted by atomic mass is 16.2. The quantitative estimate of drug-likeness (QED) is 0.630. The van der Waals surface area contributed by atoms with Crippen LogP contribution in [0.3, 0.4) is 0 Å². The molecule has 0 radical (unpaired) electrons. The van der Waals surface area contributed by atoms with Crippen molar-refractivity contribution in [1.82, 2.24) is 15.1 Å². The first kappa shape index (κ1) is 16.0. The van der Waals surface area contributed by atoms with Gasteiger partial charge in [0.1, 0.15) is 6.04 Å². The molecule has 22 heavy (non-hydrogen) atoms. The van der Waals surface area contributed by atoms with Gasteiger partial charge >= 0.3 is 6.03 Å². The summed E-state index contributed by atoms with van der Waals surface area (Å²) in [5.41, 5.74) is 1.23. The third-order valence-electron chi connectivity index (χ3n) is 3.86. The zero-order valence-electron chi connectivity index (χ0n) is 12.9. The average molecular weight is 303 g/mol. The van der Waals surface area contributed by atoms with Crippen molar-refractivity contribution in [3.8, 4) is 0 Å². The van der Waals surface area contributed by atoms with Gasteiger partial charge in [0.15, 0.2) is 0 Å². The first-order valence-corrected chi connectivity index (χ1v) is 7.35. The number of imide groups is 1. The molecule has 2 rings (SSSR count). The van der Waals surface area contributed by atoms with E-state index in [9.17, 15) is 14.4 Å². The fraction of sp³-hybridized carbons (Fsp3) is 0.438. The van der Waals surface area contributed by atoms with Crippen LogP contribution in [0.5, 0.6) is 0 Å². The Bertz CT molecular complexity index is 559. The zero-order valence-corrected chi connectivity index (χ0v) is 12.9. The molecule has 1 atom stereocenters. The molecule has 1 aromatic rings. The number of nitrogens with zero attached hydrogens (tertiary/aromatic N) is 2. The van der Waals surface area contributed by atoms with Crippen LogP contribution < -0.4 is 5.32 Å². The molecule has 0 saturated carbocycles. The van der Waals surface area contributed by atoms with Crippen molar-refractivity contribution < 1.29 is 14.4 Å². The smallest absolute Gasteiger partial charge is 0.326 e. The molecule has 4 amide bonds. The van der Waals surface area contributed by atoms with Crippen LogP contribution >= 0.6 is 0 Å². The van der Waals surface area contributed by atoms with Crippen LogP contribution in [0.4, 0.5) is 4.79 Å². The molecular weight excluding hydrogens is 282 g/mol. The molecule has 1 N–H and O–H groups in total. The summed E-state index contributed by atoms with van der Waals surface area (Å²) in [6.07, 6.45) is 1.74. The minimum absolute atomic E-state index is 0.0107. The van der Waals surface area contributed by atoms with Gasteiger partial charge in [-0.05, 0) is 18.4 Å². The van der Waals surface area contributed by atoms with Gasteiger partial charge in [-0.25, -0.2) is 4.79 Å². The van der Waals surface area contributed by atoms with Crippen LogP contribution in [0, 0.1) is 0 Å². The van der Waals surface area contributed by atoms with E-state index in [1.165, 1.54) is 24.6 Å². The van der Waals surface area contributed by atoms with Crippen molar-refractivity contribution in [3.05, 3.63) is 35.9 Å². The van der Waals surface area contributed by atoms with Gasteiger partial charge in [0, 0.05) is 20.6 Å². The van der Waals surface area contributed by atoms with E-state index in [0.717, 1.165) is 17.7 Å². The van der Waals surface area contributed by atoms with Gasteiger partial charge in [-0.15, -0.1) is 0 Å². The summed E-state index contributed by atoms with van der Waals surface area (Å²) in [5.74, 6) is -0.534. The fourth-order valence-corrected chi connectivity index (χ4v) is 2.49. The molecule has 0 spiro atoms. The lowest BCUT2D eigenvalue weighted by Gasteiger charge is -2.15. The summed E-state index contributed by atoms with van der Waals surface area (Å²) in [4.78, 5) is 37.7. The molecular formula is C16H21N3O3. The first-order chi connectivity index (χ1) is 10.5. The SMILES string of the molecule is CN1C(=O)[C@H](CC(=O)NCCCc2ccccc2)N(C)C1=O. The Hall–Kier alpha value is -2.37. The fourth-order valence-electron chi connectivity index (χ4n) is 2.49. The topological polar surface area (TPSA) is 69.7 Å². The molecule has 1 heterocycles. The van der Waals surface area contributed by atoms with E-state index in [4.69, 9.17) is 0 Å². The van der Waals surface area contributed by atoms with Crippen molar-refractivity contribution >= 4 is 17.8 Å². The highest BCUT2D eigenvalue weighted by molar-refractivity contribution is 6.05. The van der Waals surface area contributed by atoms with Crippen molar-refractivity contribution in [2.45, 2.75) is 25.3 Å². The Balaban J connectivity index is 1.72. The predicted octanol–water partition coefficient (Wildman–Crippen LogP) is 1.02. The van der Waals surface area contributed by atoms with Crippen LogP contribution in [0.15, 0.2) is 30.3 Å². The number of hydrogen-bond donors (Lipinski definition) is 1. The summed E-state index contributed by atoms with van der Waals surface area (Å²) in [6.45, 7) is 0.558. The van der Waals surface area contributed by atoms with Crippen LogP contribution in [0.1, 0.15) is 18.4 Å². The summed E-state index contributed by atoms with van der Waals surface area (Å²) < 4.78 is 0. The number of carbonyl (C=O) groups excluding carboxylic acids is 3. The van der Waals surface area contributed by atoms with Gasteiger partial charge in [0.25, 0.3) is 5.91 Å². The lowest BCUT2D eigenvalue weighted by Crippen LogP contribution is -2.37. The van der Waals surface area contributed by atoms with Gasteiger partial charge in [-0.2, -0.15) is 0 Å². The van der Waals surface area contributed by atoms with Crippen molar-refractivity contribution in [2.75, 3.05) is 20.6 Å². The van der Waals surface area contributed by atoms with E-state index in [1.807, 2.05) is 18.2 Å². The van der Waals surface area contributed by atoms with Crippen LogP contribution in [0.25, 0.3) is 0 Å². The second-order valence-electron chi connectivity index (χ2n) is 5.45. The molecule has 1 aromatic carbocycles. The van der Waals surface area contributed by atoms with Crippen molar-refractivity contribution in [1.29, 1.82) is 0 Å². The number of hydrogen-bond acceptors (Lipinski definition) is 3. The first-order valence-electron chi connectivity index (χ1n) is 7.35. The molecule has 6 nitrogen and oxygen atoms in total. The average Bonchev–Trinajstić information content (AvgIpc) is 2.70. The molecule has 118 valence electrons. The van der Waals surface area contributed by atoms with Gasteiger partial charge < -0.3 is 10.2 Å². The molecule has 6 heteroatoms. The maximum atomic E-state index is 11.9. The van der Waals surface area contributed by atoms with E-state index >= 15 is 0 Å². The molecule has 1 aliphatic heterocycles. The zero-order chi connectivity index (χ0) is 16.1. The Morgan fingerprint density at radius 1 is 1.18 bits per heavy atom. The largest absolute Gasteiger partial charge is 0.356 e. The summed E-state index contributed by atoms with van der Waals surface area (Å²) >= 11 is 0. The van der Waals surface area contributed by atoms with Gasteiger partial charge in [0.2, 0.25) is 5.91 Å². The standard InChI is InChI=1S/C16H21N3O3/c1-18-13(15(21)19(2)16(18)22)11-14(20)17-10-6-9-12-7-4-3-5-8-12/h3-5,7-8,13H,6,9-11H2,1-2H3,(H,17,20)/t13-/m0/s1. The normalized spacial score (nSPS) is 18.0. The van der Waals surface area contributed by atoms with E-state index in [1.54, 1.807) is 0 Å². The van der Waals surface area contributed by atoms with Crippen molar-refractivity contribution in [3.63, 3.8) is 0 Å². The van der Waals surface area contributed by atoms with Gasteiger partial charge in [-0.3, -0.25) is 14.5 Å². The lowest BCUT2D eigenvalue weighted by molar-refractivity contribution is -0.131. The number of rotatable bonds is 6. The number of aryl methyl sites for hydroxylation is 1. The molecule has 0 bridgehead atoms. The van der Waals surface area contributed by atoms with E-state index < -0.39 is 6.04 Å². The predicted molar refractivity (Wildman–Crippen MR) is 82.1 cm³/mol. The molecule has 0 aromatic heterocycles. The highest BCUT2D eigenvalue weighted by Crippen LogP contribution is 2.16. The van der Waals surface area contributed by atoms with Gasteiger partial charge in [-0.1, -0.05) is 30.3 Å². The number of nitrogens with one attached hydrogen (secondary N) is 1. The third kappa shape index (κ3) is 3.63. The van der Waals surface area contributed by atoms with E-state index in [-0.39, 0.29) is 24.3 Å².